The summed E-state index contributed by atoms with van der Waals surface area (Å²) in [6.07, 6.45) is 8.50. The van der Waals surface area contributed by atoms with Gasteiger partial charge in [-0.2, -0.15) is 0 Å². The van der Waals surface area contributed by atoms with Gasteiger partial charge in [0.2, 0.25) is 0 Å². The molecular formula is C16H19N5. The van der Waals surface area contributed by atoms with E-state index in [0.29, 0.717) is 0 Å². The van der Waals surface area contributed by atoms with Gasteiger partial charge in [-0.15, -0.1) is 0 Å². The predicted molar refractivity (Wildman–Crippen MR) is 86.2 cm³/mol. The summed E-state index contributed by atoms with van der Waals surface area (Å²) in [7, 11) is 0. The Morgan fingerprint density at radius 3 is 3.00 bits per heavy atom. The molecule has 0 amide bonds. The van der Waals surface area contributed by atoms with Crippen molar-refractivity contribution in [3.05, 3.63) is 48.8 Å². The third-order valence-electron chi connectivity index (χ3n) is 3.54. The topological polar surface area (TPSA) is 68.8 Å². The van der Waals surface area contributed by atoms with Gasteiger partial charge >= 0.3 is 0 Å². The second-order valence-corrected chi connectivity index (χ2v) is 5.15. The van der Waals surface area contributed by atoms with Gasteiger partial charge in [-0.3, -0.25) is 4.98 Å². The molecule has 5 heteroatoms. The smallest absolute Gasteiger partial charge is 0.0945 e. The molecule has 3 aromatic rings. The molecule has 21 heavy (non-hydrogen) atoms. The fourth-order valence-corrected chi connectivity index (χ4v) is 2.42. The summed E-state index contributed by atoms with van der Waals surface area (Å²) in [5.41, 5.74) is 8.88. The minimum atomic E-state index is 0.765. The fourth-order valence-electron chi connectivity index (χ4n) is 2.42. The SMILES string of the molecule is Cc1cc2c(NCCCn3ccnc3)ccc(N)c2cn1. The number of imidazole rings is 1. The average molecular weight is 281 g/mol. The molecule has 0 saturated carbocycles. The van der Waals surface area contributed by atoms with Crippen LogP contribution in [0.3, 0.4) is 0 Å². The summed E-state index contributed by atoms with van der Waals surface area (Å²) in [6, 6.07) is 6.04. The minimum Gasteiger partial charge on any atom is -0.398 e. The number of hydrogen-bond donors (Lipinski definition) is 2. The molecule has 0 atom stereocenters. The quantitative estimate of drug-likeness (QED) is 0.557. The molecule has 0 saturated heterocycles. The lowest BCUT2D eigenvalue weighted by molar-refractivity contribution is 0.661. The molecule has 0 aliphatic heterocycles. The maximum absolute atomic E-state index is 6.02. The van der Waals surface area contributed by atoms with Gasteiger partial charge in [-0.25, -0.2) is 4.98 Å². The van der Waals surface area contributed by atoms with E-state index < -0.39 is 0 Å². The first-order chi connectivity index (χ1) is 10.2. The van der Waals surface area contributed by atoms with Crippen molar-refractivity contribution in [2.45, 2.75) is 19.9 Å². The molecule has 0 aliphatic rings. The maximum atomic E-state index is 6.02. The number of nitrogen functional groups attached to an aromatic ring is 1. The summed E-state index contributed by atoms with van der Waals surface area (Å²) in [5, 5.41) is 5.62. The van der Waals surface area contributed by atoms with Crippen LogP contribution in [0.1, 0.15) is 12.1 Å². The summed E-state index contributed by atoms with van der Waals surface area (Å²) in [6.45, 7) is 3.85. The first-order valence-corrected chi connectivity index (χ1v) is 7.08. The number of nitrogens with one attached hydrogen (secondary N) is 1. The van der Waals surface area contributed by atoms with Crippen molar-refractivity contribution in [1.82, 2.24) is 14.5 Å². The highest BCUT2D eigenvalue weighted by molar-refractivity contribution is 6.00. The zero-order valence-corrected chi connectivity index (χ0v) is 12.1. The van der Waals surface area contributed by atoms with Crippen molar-refractivity contribution in [2.24, 2.45) is 0 Å². The molecule has 0 bridgehead atoms. The molecule has 3 rings (SSSR count). The number of fused-ring (bicyclic) bond motifs is 1. The molecule has 0 fully saturated rings. The third-order valence-corrected chi connectivity index (χ3v) is 3.54. The Labute approximate surface area is 123 Å². The number of aryl methyl sites for hydroxylation is 2. The van der Waals surface area contributed by atoms with E-state index in [1.807, 2.05) is 37.8 Å². The highest BCUT2D eigenvalue weighted by Crippen LogP contribution is 2.28. The fraction of sp³-hybridized carbons (Fsp3) is 0.250. The van der Waals surface area contributed by atoms with E-state index in [1.165, 1.54) is 0 Å². The average Bonchev–Trinajstić information content (AvgIpc) is 2.99. The van der Waals surface area contributed by atoms with Gasteiger partial charge in [0.25, 0.3) is 0 Å². The lowest BCUT2D eigenvalue weighted by Crippen LogP contribution is -2.06. The molecule has 2 heterocycles. The van der Waals surface area contributed by atoms with E-state index in [9.17, 15) is 0 Å². The Kier molecular flexibility index (Phi) is 3.73. The van der Waals surface area contributed by atoms with Crippen molar-refractivity contribution in [3.8, 4) is 0 Å². The van der Waals surface area contributed by atoms with Crippen molar-refractivity contribution in [1.29, 1.82) is 0 Å². The Morgan fingerprint density at radius 1 is 1.29 bits per heavy atom. The Bertz CT molecular complexity index is 734. The van der Waals surface area contributed by atoms with Crippen LogP contribution in [-0.2, 0) is 6.54 Å². The number of hydrogen-bond acceptors (Lipinski definition) is 4. The zero-order valence-electron chi connectivity index (χ0n) is 12.1. The normalized spacial score (nSPS) is 10.9. The molecule has 108 valence electrons. The van der Waals surface area contributed by atoms with E-state index in [4.69, 9.17) is 5.73 Å². The van der Waals surface area contributed by atoms with E-state index in [2.05, 4.69) is 25.9 Å². The van der Waals surface area contributed by atoms with Gasteiger partial charge in [0.15, 0.2) is 0 Å². The highest BCUT2D eigenvalue weighted by atomic mass is 15.0. The van der Waals surface area contributed by atoms with E-state index >= 15 is 0 Å². The van der Waals surface area contributed by atoms with Crippen molar-refractivity contribution < 1.29 is 0 Å². The van der Waals surface area contributed by atoms with Crippen LogP contribution in [0.5, 0.6) is 0 Å². The van der Waals surface area contributed by atoms with Crippen LogP contribution >= 0.6 is 0 Å². The molecule has 0 aliphatic carbocycles. The monoisotopic (exact) mass is 281 g/mol. The van der Waals surface area contributed by atoms with Gasteiger partial charge in [0.05, 0.1) is 6.33 Å². The number of anilines is 2. The lowest BCUT2D eigenvalue weighted by Gasteiger charge is -2.12. The van der Waals surface area contributed by atoms with E-state index in [1.54, 1.807) is 6.20 Å². The second-order valence-electron chi connectivity index (χ2n) is 5.15. The van der Waals surface area contributed by atoms with Crippen LogP contribution in [0, 0.1) is 6.92 Å². The molecule has 0 radical (unpaired) electrons. The van der Waals surface area contributed by atoms with Gasteiger partial charge in [-0.1, -0.05) is 0 Å². The van der Waals surface area contributed by atoms with Crippen LogP contribution in [0.15, 0.2) is 43.1 Å². The molecular weight excluding hydrogens is 262 g/mol. The third kappa shape index (κ3) is 2.97. The van der Waals surface area contributed by atoms with Crippen molar-refractivity contribution in [2.75, 3.05) is 17.6 Å². The van der Waals surface area contributed by atoms with Crippen LogP contribution in [0.25, 0.3) is 10.8 Å². The van der Waals surface area contributed by atoms with E-state index in [0.717, 1.165) is 47.4 Å². The standard InChI is InChI=1S/C16H19N5/c1-12-9-13-14(10-20-12)15(17)3-4-16(13)19-5-2-7-21-8-6-18-11-21/h3-4,6,8-11,19H,2,5,7,17H2,1H3. The van der Waals surface area contributed by atoms with Gasteiger partial charge < -0.3 is 15.6 Å². The number of pyridine rings is 1. The number of aromatic nitrogens is 3. The zero-order chi connectivity index (χ0) is 14.7. The maximum Gasteiger partial charge on any atom is 0.0945 e. The first kappa shape index (κ1) is 13.4. The highest BCUT2D eigenvalue weighted by Gasteiger charge is 2.05. The van der Waals surface area contributed by atoms with Gasteiger partial charge in [-0.05, 0) is 31.5 Å². The second kappa shape index (κ2) is 5.83. The molecule has 0 spiro atoms. The summed E-state index contributed by atoms with van der Waals surface area (Å²) < 4.78 is 2.08. The van der Waals surface area contributed by atoms with Crippen molar-refractivity contribution >= 4 is 22.1 Å². The predicted octanol–water partition coefficient (Wildman–Crippen LogP) is 2.82. The molecule has 0 unspecified atom stereocenters. The summed E-state index contributed by atoms with van der Waals surface area (Å²) >= 11 is 0. The number of benzene rings is 1. The number of nitrogens with zero attached hydrogens (tertiary/aromatic N) is 3. The number of nitrogens with two attached hydrogens (primary N) is 1. The molecule has 2 aromatic heterocycles. The van der Waals surface area contributed by atoms with Gasteiger partial charge in [0.1, 0.15) is 0 Å². The van der Waals surface area contributed by atoms with Crippen LogP contribution in [0.4, 0.5) is 11.4 Å². The summed E-state index contributed by atoms with van der Waals surface area (Å²) in [5.74, 6) is 0. The first-order valence-electron chi connectivity index (χ1n) is 7.08. The largest absolute Gasteiger partial charge is 0.398 e. The van der Waals surface area contributed by atoms with Crippen molar-refractivity contribution in [3.63, 3.8) is 0 Å². The Morgan fingerprint density at radius 2 is 2.19 bits per heavy atom. The molecule has 1 aromatic carbocycles. The van der Waals surface area contributed by atoms with Gasteiger partial charge in [0, 0.05) is 59.5 Å². The van der Waals surface area contributed by atoms with Crippen LogP contribution < -0.4 is 11.1 Å². The Hall–Kier alpha value is -2.56. The minimum absolute atomic E-state index is 0.765. The molecule has 3 N–H and O–H groups in total. The van der Waals surface area contributed by atoms with E-state index in [-0.39, 0.29) is 0 Å². The van der Waals surface area contributed by atoms with Crippen LogP contribution in [-0.4, -0.2) is 21.1 Å². The lowest BCUT2D eigenvalue weighted by atomic mass is 10.1. The van der Waals surface area contributed by atoms with Crippen LogP contribution in [0.2, 0.25) is 0 Å². The Balaban J connectivity index is 1.71. The summed E-state index contributed by atoms with van der Waals surface area (Å²) in [4.78, 5) is 8.36. The number of rotatable bonds is 5. The molecule has 5 nitrogen and oxygen atoms in total.